The molecule has 86 valence electrons. The Morgan fingerprint density at radius 1 is 1.31 bits per heavy atom. The average molecular weight is 219 g/mol. The van der Waals surface area contributed by atoms with E-state index in [4.69, 9.17) is 10.5 Å². The fourth-order valence-corrected chi connectivity index (χ4v) is 2.43. The Hall–Kier alpha value is -1.51. The maximum atomic E-state index is 11.4. The maximum Gasteiger partial charge on any atom is 0.308 e. The predicted octanol–water partition coefficient (Wildman–Crippen LogP) is 2.33. The first-order valence-electron chi connectivity index (χ1n) is 5.64. The second-order valence-electron chi connectivity index (χ2n) is 4.40. The van der Waals surface area contributed by atoms with Gasteiger partial charge in [0, 0.05) is 5.69 Å². The second-order valence-corrected chi connectivity index (χ2v) is 4.40. The lowest BCUT2D eigenvalue weighted by atomic mass is 9.96. The number of rotatable bonds is 2. The molecule has 1 aromatic rings. The van der Waals surface area contributed by atoms with Crippen LogP contribution in [-0.2, 0) is 9.53 Å². The highest BCUT2D eigenvalue weighted by Crippen LogP contribution is 2.38. The van der Waals surface area contributed by atoms with E-state index in [9.17, 15) is 4.79 Å². The zero-order chi connectivity index (χ0) is 11.5. The van der Waals surface area contributed by atoms with Crippen LogP contribution in [0.1, 0.15) is 30.7 Å². The number of methoxy groups -OCH3 is 1. The predicted molar refractivity (Wildman–Crippen MR) is 63.0 cm³/mol. The van der Waals surface area contributed by atoms with Gasteiger partial charge in [0.25, 0.3) is 0 Å². The van der Waals surface area contributed by atoms with Crippen molar-refractivity contribution < 1.29 is 9.53 Å². The zero-order valence-electron chi connectivity index (χ0n) is 9.48. The molecule has 0 heterocycles. The van der Waals surface area contributed by atoms with Crippen molar-refractivity contribution in [2.45, 2.75) is 25.2 Å². The van der Waals surface area contributed by atoms with Gasteiger partial charge >= 0.3 is 5.97 Å². The Kier molecular flexibility index (Phi) is 3.13. The van der Waals surface area contributed by atoms with Gasteiger partial charge < -0.3 is 10.5 Å². The molecule has 1 saturated carbocycles. The summed E-state index contributed by atoms with van der Waals surface area (Å²) in [6, 6.07) is 7.95. The lowest BCUT2D eigenvalue weighted by Gasteiger charge is -2.10. The topological polar surface area (TPSA) is 52.3 Å². The van der Waals surface area contributed by atoms with Crippen molar-refractivity contribution in [3.63, 3.8) is 0 Å². The standard InChI is InChI=1S/C13H17NO2/c1-16-13(15)11-3-2-10(8-11)9-4-6-12(14)7-5-9/h4-7,10-11H,2-3,8,14H2,1H3/t10-,11-/m1/s1. The van der Waals surface area contributed by atoms with Crippen molar-refractivity contribution in [2.75, 3.05) is 12.8 Å². The molecule has 16 heavy (non-hydrogen) atoms. The van der Waals surface area contributed by atoms with Crippen molar-refractivity contribution in [1.82, 2.24) is 0 Å². The summed E-state index contributed by atoms with van der Waals surface area (Å²) in [5.74, 6) is 0.482. The van der Waals surface area contributed by atoms with E-state index in [0.717, 1.165) is 24.9 Å². The van der Waals surface area contributed by atoms with Gasteiger partial charge in [0.2, 0.25) is 0 Å². The molecule has 1 aliphatic rings. The van der Waals surface area contributed by atoms with Crippen LogP contribution in [0, 0.1) is 5.92 Å². The minimum absolute atomic E-state index is 0.0713. The number of ether oxygens (including phenoxy) is 1. The van der Waals surface area contributed by atoms with Gasteiger partial charge in [-0.15, -0.1) is 0 Å². The van der Waals surface area contributed by atoms with E-state index >= 15 is 0 Å². The third kappa shape index (κ3) is 2.18. The van der Waals surface area contributed by atoms with Crippen LogP contribution >= 0.6 is 0 Å². The van der Waals surface area contributed by atoms with Crippen LogP contribution in [0.2, 0.25) is 0 Å². The van der Waals surface area contributed by atoms with E-state index in [1.165, 1.54) is 12.7 Å². The Morgan fingerprint density at radius 2 is 2.00 bits per heavy atom. The summed E-state index contributed by atoms with van der Waals surface area (Å²) in [5, 5.41) is 0. The number of hydrogen-bond donors (Lipinski definition) is 1. The lowest BCUT2D eigenvalue weighted by molar-refractivity contribution is -0.145. The number of hydrogen-bond acceptors (Lipinski definition) is 3. The van der Waals surface area contributed by atoms with E-state index in [1.807, 2.05) is 12.1 Å². The molecule has 2 atom stereocenters. The van der Waals surface area contributed by atoms with E-state index in [-0.39, 0.29) is 11.9 Å². The van der Waals surface area contributed by atoms with Gasteiger partial charge in [0.1, 0.15) is 0 Å². The number of carbonyl (C=O) groups excluding carboxylic acids is 1. The van der Waals surface area contributed by atoms with Crippen LogP contribution in [0.25, 0.3) is 0 Å². The summed E-state index contributed by atoms with van der Waals surface area (Å²) in [6.07, 6.45) is 2.89. The van der Waals surface area contributed by atoms with E-state index in [2.05, 4.69) is 12.1 Å². The molecule has 0 bridgehead atoms. The molecule has 0 unspecified atom stereocenters. The van der Waals surface area contributed by atoms with Crippen LogP contribution < -0.4 is 5.73 Å². The molecule has 0 saturated heterocycles. The van der Waals surface area contributed by atoms with Gasteiger partial charge in [-0.05, 0) is 42.9 Å². The molecule has 1 aromatic carbocycles. The zero-order valence-corrected chi connectivity index (χ0v) is 9.48. The third-order valence-corrected chi connectivity index (χ3v) is 3.38. The molecule has 0 aliphatic heterocycles. The summed E-state index contributed by atoms with van der Waals surface area (Å²) in [6.45, 7) is 0. The van der Waals surface area contributed by atoms with Crippen molar-refractivity contribution in [2.24, 2.45) is 5.92 Å². The first-order chi connectivity index (χ1) is 7.70. The molecule has 3 heteroatoms. The Morgan fingerprint density at radius 3 is 2.62 bits per heavy atom. The van der Waals surface area contributed by atoms with E-state index < -0.39 is 0 Å². The van der Waals surface area contributed by atoms with Gasteiger partial charge in [0.05, 0.1) is 13.0 Å². The lowest BCUT2D eigenvalue weighted by Crippen LogP contribution is -2.12. The maximum absolute atomic E-state index is 11.4. The van der Waals surface area contributed by atoms with Crippen LogP contribution in [0.5, 0.6) is 0 Å². The average Bonchev–Trinajstić information content (AvgIpc) is 2.78. The SMILES string of the molecule is COC(=O)[C@@H]1CC[C@@H](c2ccc(N)cc2)C1. The molecule has 3 nitrogen and oxygen atoms in total. The number of nitrogens with two attached hydrogens (primary N) is 1. The van der Waals surface area contributed by atoms with E-state index in [0.29, 0.717) is 5.92 Å². The molecule has 0 aromatic heterocycles. The van der Waals surface area contributed by atoms with Crippen LogP contribution in [-0.4, -0.2) is 13.1 Å². The number of benzene rings is 1. The van der Waals surface area contributed by atoms with Crippen LogP contribution in [0.3, 0.4) is 0 Å². The number of anilines is 1. The molecule has 1 aliphatic carbocycles. The monoisotopic (exact) mass is 219 g/mol. The van der Waals surface area contributed by atoms with Crippen molar-refractivity contribution in [3.05, 3.63) is 29.8 Å². The Balaban J connectivity index is 2.03. The molecular formula is C13H17NO2. The van der Waals surface area contributed by atoms with Crippen molar-refractivity contribution >= 4 is 11.7 Å². The summed E-state index contributed by atoms with van der Waals surface area (Å²) < 4.78 is 4.78. The summed E-state index contributed by atoms with van der Waals surface area (Å²) in [5.41, 5.74) is 7.71. The molecule has 0 radical (unpaired) electrons. The number of nitrogen functional groups attached to an aromatic ring is 1. The fraction of sp³-hybridized carbons (Fsp3) is 0.462. The highest BCUT2D eigenvalue weighted by molar-refractivity contribution is 5.72. The number of carbonyl (C=O) groups is 1. The normalized spacial score (nSPS) is 24.3. The van der Waals surface area contributed by atoms with Gasteiger partial charge in [-0.2, -0.15) is 0 Å². The molecule has 0 spiro atoms. The molecule has 2 N–H and O–H groups in total. The number of esters is 1. The van der Waals surface area contributed by atoms with Gasteiger partial charge in [-0.25, -0.2) is 0 Å². The Labute approximate surface area is 95.6 Å². The van der Waals surface area contributed by atoms with Gasteiger partial charge in [0.15, 0.2) is 0 Å². The first kappa shape index (κ1) is 11.0. The van der Waals surface area contributed by atoms with Crippen LogP contribution in [0.4, 0.5) is 5.69 Å². The molecule has 0 amide bonds. The highest BCUT2D eigenvalue weighted by Gasteiger charge is 2.31. The van der Waals surface area contributed by atoms with Crippen LogP contribution in [0.15, 0.2) is 24.3 Å². The summed E-state index contributed by atoms with van der Waals surface area (Å²) >= 11 is 0. The smallest absolute Gasteiger partial charge is 0.308 e. The Bertz CT molecular complexity index is 372. The molecule has 1 fully saturated rings. The minimum Gasteiger partial charge on any atom is -0.469 e. The highest BCUT2D eigenvalue weighted by atomic mass is 16.5. The second kappa shape index (κ2) is 4.56. The fourth-order valence-electron chi connectivity index (χ4n) is 2.43. The van der Waals surface area contributed by atoms with Crippen molar-refractivity contribution in [3.8, 4) is 0 Å². The van der Waals surface area contributed by atoms with Gasteiger partial charge in [-0.1, -0.05) is 12.1 Å². The van der Waals surface area contributed by atoms with Crippen molar-refractivity contribution in [1.29, 1.82) is 0 Å². The summed E-state index contributed by atoms with van der Waals surface area (Å²) in [7, 11) is 1.46. The first-order valence-corrected chi connectivity index (χ1v) is 5.64. The largest absolute Gasteiger partial charge is 0.469 e. The quantitative estimate of drug-likeness (QED) is 0.613. The minimum atomic E-state index is -0.0713. The van der Waals surface area contributed by atoms with Gasteiger partial charge in [-0.3, -0.25) is 4.79 Å². The van der Waals surface area contributed by atoms with E-state index in [1.54, 1.807) is 0 Å². The third-order valence-electron chi connectivity index (χ3n) is 3.38. The summed E-state index contributed by atoms with van der Waals surface area (Å²) in [4.78, 5) is 11.4. The molecular weight excluding hydrogens is 202 g/mol. The molecule has 2 rings (SSSR count).